The zero-order chi connectivity index (χ0) is 10.8. The molecule has 0 amide bonds. The Morgan fingerprint density at radius 1 is 1.53 bits per heavy atom. The van der Waals surface area contributed by atoms with Gasteiger partial charge in [0.2, 0.25) is 0 Å². The Balaban J connectivity index is 2.04. The van der Waals surface area contributed by atoms with Crippen molar-refractivity contribution in [2.24, 2.45) is 0 Å². The maximum atomic E-state index is 13.2. The quantitative estimate of drug-likeness (QED) is 0.806. The number of hydrogen-bond donors (Lipinski definition) is 1. The number of hydrogen-bond acceptors (Lipinski definition) is 3. The average molecular weight is 213 g/mol. The van der Waals surface area contributed by atoms with Gasteiger partial charge in [0.1, 0.15) is 5.82 Å². The molecule has 3 nitrogen and oxygen atoms in total. The van der Waals surface area contributed by atoms with E-state index in [2.05, 4.69) is 15.2 Å². The SMILES string of the molecule is CN1CCC(Nc2ncc(F)cc2F)C1. The van der Waals surface area contributed by atoms with Gasteiger partial charge in [-0.1, -0.05) is 0 Å². The first kappa shape index (κ1) is 10.3. The molecule has 5 heteroatoms. The molecular formula is C10H13F2N3. The molecule has 1 aliphatic heterocycles. The van der Waals surface area contributed by atoms with Gasteiger partial charge in [-0.3, -0.25) is 0 Å². The minimum atomic E-state index is -0.651. The van der Waals surface area contributed by atoms with Crippen molar-refractivity contribution in [1.82, 2.24) is 9.88 Å². The number of anilines is 1. The molecule has 2 rings (SSSR count). The topological polar surface area (TPSA) is 28.2 Å². The van der Waals surface area contributed by atoms with Gasteiger partial charge in [-0.05, 0) is 20.0 Å². The van der Waals surface area contributed by atoms with Crippen LogP contribution < -0.4 is 5.32 Å². The number of aromatic nitrogens is 1. The molecule has 1 N–H and O–H groups in total. The van der Waals surface area contributed by atoms with E-state index in [9.17, 15) is 8.78 Å². The second-order valence-corrected chi connectivity index (χ2v) is 3.88. The molecule has 1 atom stereocenters. The molecule has 0 radical (unpaired) electrons. The van der Waals surface area contributed by atoms with Crippen molar-refractivity contribution >= 4 is 5.82 Å². The van der Waals surface area contributed by atoms with Crippen LogP contribution in [0.3, 0.4) is 0 Å². The average Bonchev–Trinajstić information content (AvgIpc) is 2.56. The van der Waals surface area contributed by atoms with Crippen LogP contribution in [-0.4, -0.2) is 36.1 Å². The summed E-state index contributed by atoms with van der Waals surface area (Å²) in [7, 11) is 2.01. The number of likely N-dealkylation sites (N-methyl/N-ethyl adjacent to an activating group) is 1. The fourth-order valence-electron chi connectivity index (χ4n) is 1.77. The Bertz CT molecular complexity index is 357. The van der Waals surface area contributed by atoms with Crippen molar-refractivity contribution in [3.8, 4) is 0 Å². The lowest BCUT2D eigenvalue weighted by atomic mass is 10.2. The molecule has 0 bridgehead atoms. The molecule has 0 aromatic carbocycles. The van der Waals surface area contributed by atoms with Gasteiger partial charge in [-0.2, -0.15) is 0 Å². The summed E-state index contributed by atoms with van der Waals surface area (Å²) in [4.78, 5) is 5.84. The third kappa shape index (κ3) is 2.41. The number of likely N-dealkylation sites (tertiary alicyclic amines) is 1. The Hall–Kier alpha value is -1.23. The van der Waals surface area contributed by atoms with E-state index in [1.165, 1.54) is 0 Å². The van der Waals surface area contributed by atoms with E-state index in [4.69, 9.17) is 0 Å². The summed E-state index contributed by atoms with van der Waals surface area (Å²) in [5.41, 5.74) is 0. The van der Waals surface area contributed by atoms with E-state index in [-0.39, 0.29) is 11.9 Å². The van der Waals surface area contributed by atoms with Crippen LogP contribution in [0.1, 0.15) is 6.42 Å². The molecule has 0 saturated carbocycles. The number of pyridine rings is 1. The first-order chi connectivity index (χ1) is 7.15. The highest BCUT2D eigenvalue weighted by Crippen LogP contribution is 2.16. The van der Waals surface area contributed by atoms with Crippen LogP contribution in [0.2, 0.25) is 0 Å². The molecule has 1 unspecified atom stereocenters. The van der Waals surface area contributed by atoms with Crippen LogP contribution in [0.15, 0.2) is 12.3 Å². The Kier molecular flexibility index (Phi) is 2.81. The number of halogens is 2. The molecule has 1 aromatic rings. The van der Waals surface area contributed by atoms with E-state index in [1.807, 2.05) is 7.05 Å². The van der Waals surface area contributed by atoms with E-state index in [1.54, 1.807) is 0 Å². The van der Waals surface area contributed by atoms with Gasteiger partial charge in [-0.15, -0.1) is 0 Å². The summed E-state index contributed by atoms with van der Waals surface area (Å²) in [5.74, 6) is -1.15. The molecule has 2 heterocycles. The second-order valence-electron chi connectivity index (χ2n) is 3.88. The molecule has 1 saturated heterocycles. The summed E-state index contributed by atoms with van der Waals surface area (Å²) >= 11 is 0. The highest BCUT2D eigenvalue weighted by molar-refractivity contribution is 5.37. The normalized spacial score (nSPS) is 21.9. The van der Waals surface area contributed by atoms with E-state index in [0.29, 0.717) is 0 Å². The van der Waals surface area contributed by atoms with Gasteiger partial charge in [0.25, 0.3) is 0 Å². The Morgan fingerprint density at radius 2 is 2.33 bits per heavy atom. The third-order valence-electron chi connectivity index (χ3n) is 2.54. The predicted molar refractivity (Wildman–Crippen MR) is 53.7 cm³/mol. The van der Waals surface area contributed by atoms with Crippen LogP contribution in [-0.2, 0) is 0 Å². The largest absolute Gasteiger partial charge is 0.364 e. The highest BCUT2D eigenvalue weighted by atomic mass is 19.1. The lowest BCUT2D eigenvalue weighted by Crippen LogP contribution is -2.24. The summed E-state index contributed by atoms with van der Waals surface area (Å²) in [6.07, 6.45) is 1.97. The number of nitrogens with one attached hydrogen (secondary N) is 1. The summed E-state index contributed by atoms with van der Waals surface area (Å²) in [5, 5.41) is 2.97. The van der Waals surface area contributed by atoms with Crippen LogP contribution in [0.5, 0.6) is 0 Å². The van der Waals surface area contributed by atoms with Crippen molar-refractivity contribution in [1.29, 1.82) is 0 Å². The monoisotopic (exact) mass is 213 g/mol. The van der Waals surface area contributed by atoms with Crippen LogP contribution in [0.4, 0.5) is 14.6 Å². The highest BCUT2D eigenvalue weighted by Gasteiger charge is 2.20. The molecule has 15 heavy (non-hydrogen) atoms. The van der Waals surface area contributed by atoms with Gasteiger partial charge < -0.3 is 10.2 Å². The van der Waals surface area contributed by atoms with Gasteiger partial charge in [0.15, 0.2) is 11.6 Å². The molecule has 82 valence electrons. The Labute approximate surface area is 87.1 Å². The standard InChI is InChI=1S/C10H13F2N3/c1-15-3-2-8(6-15)14-10-9(12)4-7(11)5-13-10/h4-5,8H,2-3,6H2,1H3,(H,13,14). The van der Waals surface area contributed by atoms with Crippen molar-refractivity contribution in [3.05, 3.63) is 23.9 Å². The maximum absolute atomic E-state index is 13.2. The molecular weight excluding hydrogens is 200 g/mol. The third-order valence-corrected chi connectivity index (χ3v) is 2.54. The van der Waals surface area contributed by atoms with Gasteiger partial charge in [0.05, 0.1) is 6.20 Å². The molecule has 0 spiro atoms. The first-order valence-electron chi connectivity index (χ1n) is 4.91. The minimum absolute atomic E-state index is 0.136. The van der Waals surface area contributed by atoms with E-state index < -0.39 is 11.6 Å². The second kappa shape index (κ2) is 4.10. The summed E-state index contributed by atoms with van der Waals surface area (Å²) < 4.78 is 25.8. The maximum Gasteiger partial charge on any atom is 0.168 e. The van der Waals surface area contributed by atoms with Crippen molar-refractivity contribution in [2.75, 3.05) is 25.5 Å². The van der Waals surface area contributed by atoms with Crippen LogP contribution >= 0.6 is 0 Å². The predicted octanol–water partition coefficient (Wildman–Crippen LogP) is 1.48. The first-order valence-corrected chi connectivity index (χ1v) is 4.91. The number of nitrogens with zero attached hydrogens (tertiary/aromatic N) is 2. The van der Waals surface area contributed by atoms with Gasteiger partial charge in [-0.25, -0.2) is 13.8 Å². The van der Waals surface area contributed by atoms with Gasteiger partial charge in [0, 0.05) is 18.7 Å². The zero-order valence-electron chi connectivity index (χ0n) is 8.50. The lowest BCUT2D eigenvalue weighted by molar-refractivity contribution is 0.413. The lowest BCUT2D eigenvalue weighted by Gasteiger charge is -2.13. The summed E-state index contributed by atoms with van der Waals surface area (Å²) in [6, 6.07) is 1.04. The van der Waals surface area contributed by atoms with E-state index in [0.717, 1.165) is 31.8 Å². The molecule has 1 aromatic heterocycles. The van der Waals surface area contributed by atoms with Crippen molar-refractivity contribution in [3.63, 3.8) is 0 Å². The van der Waals surface area contributed by atoms with Crippen LogP contribution in [0, 0.1) is 11.6 Å². The zero-order valence-corrected chi connectivity index (χ0v) is 8.50. The van der Waals surface area contributed by atoms with Crippen molar-refractivity contribution in [2.45, 2.75) is 12.5 Å². The minimum Gasteiger partial charge on any atom is -0.364 e. The fraction of sp³-hybridized carbons (Fsp3) is 0.500. The molecule has 0 aliphatic carbocycles. The molecule has 1 fully saturated rings. The Morgan fingerprint density at radius 3 is 2.93 bits per heavy atom. The van der Waals surface area contributed by atoms with E-state index >= 15 is 0 Å². The van der Waals surface area contributed by atoms with Crippen LogP contribution in [0.25, 0.3) is 0 Å². The van der Waals surface area contributed by atoms with Crippen molar-refractivity contribution < 1.29 is 8.78 Å². The molecule has 1 aliphatic rings. The number of rotatable bonds is 2. The van der Waals surface area contributed by atoms with Gasteiger partial charge >= 0.3 is 0 Å². The fourth-order valence-corrected chi connectivity index (χ4v) is 1.77. The summed E-state index contributed by atoms with van der Waals surface area (Å²) in [6.45, 7) is 1.85. The smallest absolute Gasteiger partial charge is 0.168 e.